The highest BCUT2D eigenvalue weighted by Crippen LogP contribution is 2.31. The predicted molar refractivity (Wildman–Crippen MR) is 92.7 cm³/mol. The molecule has 24 heavy (non-hydrogen) atoms. The van der Waals surface area contributed by atoms with Gasteiger partial charge < -0.3 is 9.84 Å². The fourth-order valence-corrected chi connectivity index (χ4v) is 3.20. The third kappa shape index (κ3) is 7.34. The highest BCUT2D eigenvalue weighted by Gasteiger charge is 2.27. The first kappa shape index (κ1) is 20.5. The van der Waals surface area contributed by atoms with Crippen LogP contribution < -0.4 is 0 Å². The van der Waals surface area contributed by atoms with E-state index in [0.29, 0.717) is 17.2 Å². The van der Waals surface area contributed by atoms with Crippen LogP contribution in [0.25, 0.3) is 0 Å². The Morgan fingerprint density at radius 2 is 1.92 bits per heavy atom. The molecule has 0 aliphatic heterocycles. The van der Waals surface area contributed by atoms with Gasteiger partial charge in [-0.15, -0.1) is 11.8 Å². The lowest BCUT2D eigenvalue weighted by Crippen LogP contribution is -2.28. The van der Waals surface area contributed by atoms with Gasteiger partial charge in [0.15, 0.2) is 0 Å². The normalized spacial score (nSPS) is 13.0. The first-order chi connectivity index (χ1) is 11.0. The van der Waals surface area contributed by atoms with Gasteiger partial charge >= 0.3 is 11.9 Å². The van der Waals surface area contributed by atoms with Gasteiger partial charge in [0.05, 0.1) is 6.42 Å². The van der Waals surface area contributed by atoms with E-state index in [1.54, 1.807) is 26.8 Å². The zero-order valence-corrected chi connectivity index (χ0v) is 15.6. The summed E-state index contributed by atoms with van der Waals surface area (Å²) in [5.74, 6) is -1.70. The molecule has 0 saturated heterocycles. The summed E-state index contributed by atoms with van der Waals surface area (Å²) in [4.78, 5) is 24.1. The molecule has 0 aliphatic carbocycles. The number of halogens is 1. The number of carbonyl (C=O) groups excluding carboxylic acids is 1. The molecule has 0 spiro atoms. The van der Waals surface area contributed by atoms with Gasteiger partial charge in [0.25, 0.3) is 0 Å². The minimum absolute atomic E-state index is 0.240. The van der Waals surface area contributed by atoms with Crippen LogP contribution in [0.2, 0.25) is 0 Å². The van der Waals surface area contributed by atoms with E-state index in [1.807, 2.05) is 13.8 Å². The maximum atomic E-state index is 13.5. The Morgan fingerprint density at radius 3 is 2.42 bits per heavy atom. The zero-order valence-electron chi connectivity index (χ0n) is 14.8. The number of thioether (sulfide) groups is 1. The molecule has 1 aromatic rings. The van der Waals surface area contributed by atoms with E-state index < -0.39 is 22.8 Å². The van der Waals surface area contributed by atoms with Gasteiger partial charge in [-0.2, -0.15) is 0 Å². The molecule has 0 unspecified atom stereocenters. The molecule has 1 atom stereocenters. The van der Waals surface area contributed by atoms with E-state index in [9.17, 15) is 19.1 Å². The summed E-state index contributed by atoms with van der Waals surface area (Å²) in [5, 5.41) is 8.43. The predicted octanol–water partition coefficient (Wildman–Crippen LogP) is 4.30. The second kappa shape index (κ2) is 8.51. The summed E-state index contributed by atoms with van der Waals surface area (Å²) in [7, 11) is 0. The first-order valence-corrected chi connectivity index (χ1v) is 8.75. The Kier molecular flexibility index (Phi) is 7.27. The maximum absolute atomic E-state index is 13.5. The number of esters is 1. The zero-order chi connectivity index (χ0) is 18.5. The molecule has 1 aromatic carbocycles. The van der Waals surface area contributed by atoms with E-state index in [0.717, 1.165) is 17.3 Å². The van der Waals surface area contributed by atoms with Gasteiger partial charge in [-0.3, -0.25) is 9.59 Å². The Balaban J connectivity index is 2.93. The quantitative estimate of drug-likeness (QED) is 0.583. The van der Waals surface area contributed by atoms with Crippen molar-refractivity contribution >= 4 is 23.7 Å². The highest BCUT2D eigenvalue weighted by atomic mass is 32.2. The van der Waals surface area contributed by atoms with Crippen molar-refractivity contribution in [2.75, 3.05) is 0 Å². The van der Waals surface area contributed by atoms with E-state index in [2.05, 4.69) is 0 Å². The SMILES string of the molecule is CC(C)Cc1cc(F)ccc1S[C@@H](CC(=O)OC(C)(C)C)C(=O)O. The summed E-state index contributed by atoms with van der Waals surface area (Å²) in [6, 6.07) is 4.30. The first-order valence-electron chi connectivity index (χ1n) is 7.87. The Labute approximate surface area is 146 Å². The smallest absolute Gasteiger partial charge is 0.317 e. The molecule has 4 nitrogen and oxygen atoms in total. The number of hydrogen-bond donors (Lipinski definition) is 1. The van der Waals surface area contributed by atoms with Crippen LogP contribution in [0, 0.1) is 11.7 Å². The molecule has 0 amide bonds. The number of rotatable bonds is 7. The van der Waals surface area contributed by atoms with Gasteiger partial charge in [-0.25, -0.2) is 4.39 Å². The van der Waals surface area contributed by atoms with Crippen molar-refractivity contribution < 1.29 is 23.8 Å². The van der Waals surface area contributed by atoms with Crippen LogP contribution in [0.1, 0.15) is 46.6 Å². The van der Waals surface area contributed by atoms with Crippen molar-refractivity contribution in [3.63, 3.8) is 0 Å². The molecule has 1 N–H and O–H groups in total. The fraction of sp³-hybridized carbons (Fsp3) is 0.556. The maximum Gasteiger partial charge on any atom is 0.317 e. The molecule has 0 saturated carbocycles. The molecule has 134 valence electrons. The van der Waals surface area contributed by atoms with Crippen LogP contribution in [0.4, 0.5) is 4.39 Å². The Morgan fingerprint density at radius 1 is 1.29 bits per heavy atom. The summed E-state index contributed by atoms with van der Waals surface area (Å²) >= 11 is 1.06. The van der Waals surface area contributed by atoms with Crippen LogP contribution in [-0.2, 0) is 20.7 Å². The molecule has 1 rings (SSSR count). The third-order valence-corrected chi connectivity index (χ3v) is 4.27. The van der Waals surface area contributed by atoms with Crippen molar-refractivity contribution in [3.05, 3.63) is 29.6 Å². The van der Waals surface area contributed by atoms with E-state index in [1.165, 1.54) is 12.1 Å². The summed E-state index contributed by atoms with van der Waals surface area (Å²) in [5.41, 5.74) is 0.0918. The lowest BCUT2D eigenvalue weighted by atomic mass is 10.0. The van der Waals surface area contributed by atoms with Crippen LogP contribution >= 0.6 is 11.8 Å². The Bertz CT molecular complexity index is 593. The van der Waals surface area contributed by atoms with Gasteiger partial charge in [-0.05, 0) is 56.9 Å². The molecule has 0 aromatic heterocycles. The number of benzene rings is 1. The Hall–Kier alpha value is -1.56. The van der Waals surface area contributed by atoms with E-state index in [-0.39, 0.29) is 12.2 Å². The number of ether oxygens (including phenoxy) is 1. The minimum atomic E-state index is -1.09. The number of carboxylic acids is 1. The third-order valence-electron chi connectivity index (χ3n) is 2.97. The van der Waals surface area contributed by atoms with Crippen LogP contribution in [-0.4, -0.2) is 27.9 Å². The van der Waals surface area contributed by atoms with E-state index in [4.69, 9.17) is 4.74 Å². The average Bonchev–Trinajstić information content (AvgIpc) is 2.37. The molecule has 0 bridgehead atoms. The van der Waals surface area contributed by atoms with Crippen molar-refractivity contribution in [2.24, 2.45) is 5.92 Å². The van der Waals surface area contributed by atoms with Crippen LogP contribution in [0.5, 0.6) is 0 Å². The van der Waals surface area contributed by atoms with Crippen molar-refractivity contribution in [1.82, 2.24) is 0 Å². The number of aliphatic carboxylic acids is 1. The van der Waals surface area contributed by atoms with Gasteiger partial charge in [0.2, 0.25) is 0 Å². The van der Waals surface area contributed by atoms with Crippen LogP contribution in [0.15, 0.2) is 23.1 Å². The summed E-state index contributed by atoms with van der Waals surface area (Å²) < 4.78 is 18.7. The van der Waals surface area contributed by atoms with Gasteiger partial charge in [0, 0.05) is 4.90 Å². The average molecular weight is 356 g/mol. The second-order valence-electron chi connectivity index (χ2n) is 7.09. The van der Waals surface area contributed by atoms with Crippen molar-refractivity contribution in [1.29, 1.82) is 0 Å². The lowest BCUT2D eigenvalue weighted by molar-refractivity contribution is -0.156. The fourth-order valence-electron chi connectivity index (χ4n) is 2.13. The van der Waals surface area contributed by atoms with Crippen LogP contribution in [0.3, 0.4) is 0 Å². The molecule has 0 heterocycles. The molecule has 0 aliphatic rings. The largest absolute Gasteiger partial charge is 0.480 e. The molecule has 0 fully saturated rings. The summed E-state index contributed by atoms with van der Waals surface area (Å²) in [6.45, 7) is 9.21. The van der Waals surface area contributed by atoms with Crippen molar-refractivity contribution in [3.8, 4) is 0 Å². The number of carbonyl (C=O) groups is 2. The van der Waals surface area contributed by atoms with Gasteiger partial charge in [0.1, 0.15) is 16.7 Å². The highest BCUT2D eigenvalue weighted by molar-refractivity contribution is 8.00. The molecular formula is C18H25FO4S. The number of carboxylic acid groups (broad SMARTS) is 1. The second-order valence-corrected chi connectivity index (χ2v) is 8.33. The molecule has 6 heteroatoms. The lowest BCUT2D eigenvalue weighted by Gasteiger charge is -2.21. The molecule has 0 radical (unpaired) electrons. The standard InChI is InChI=1S/C18H25FO4S/c1-11(2)8-12-9-13(19)6-7-14(12)24-15(17(21)22)10-16(20)23-18(3,4)5/h6-7,9,11,15H,8,10H2,1-5H3,(H,21,22)/t15-/m0/s1. The van der Waals surface area contributed by atoms with Crippen molar-refractivity contribution in [2.45, 2.75) is 63.2 Å². The summed E-state index contributed by atoms with van der Waals surface area (Å²) in [6.07, 6.45) is 0.397. The minimum Gasteiger partial charge on any atom is -0.480 e. The topological polar surface area (TPSA) is 63.6 Å². The number of hydrogen-bond acceptors (Lipinski definition) is 4. The molecular weight excluding hydrogens is 331 g/mol. The van der Waals surface area contributed by atoms with Gasteiger partial charge in [-0.1, -0.05) is 13.8 Å². The monoisotopic (exact) mass is 356 g/mol. The van der Waals surface area contributed by atoms with E-state index >= 15 is 0 Å².